The number of halogens is 1. The average Bonchev–Trinajstić information content (AvgIpc) is 2.79. The molecule has 0 saturated carbocycles. The van der Waals surface area contributed by atoms with Crippen LogP contribution in [0.4, 0.5) is 5.69 Å². The van der Waals surface area contributed by atoms with E-state index in [4.69, 9.17) is 16.3 Å². The highest BCUT2D eigenvalue weighted by molar-refractivity contribution is 6.30. The molecule has 1 spiro atoms. The number of para-hydroxylation sites is 1. The third-order valence-corrected chi connectivity index (χ3v) is 5.37. The third kappa shape index (κ3) is 2.19. The lowest BCUT2D eigenvalue weighted by molar-refractivity contribution is -0.129. The summed E-state index contributed by atoms with van der Waals surface area (Å²) in [4.78, 5) is 14.8. The zero-order chi connectivity index (χ0) is 16.0. The number of fused-ring (bicyclic) bond motifs is 2. The van der Waals surface area contributed by atoms with Gasteiger partial charge in [0.2, 0.25) is 5.91 Å². The standard InChI is InChI=1S/C19H18ClNO2/c1-21-16-5-3-2-4-15(16)19(18(21)22)10-11-23-17(12-19)13-6-8-14(20)9-7-13/h2-9,17H,10-12H2,1H3/t17-,19-/m1/s1. The topological polar surface area (TPSA) is 29.5 Å². The van der Waals surface area contributed by atoms with Crippen molar-refractivity contribution in [3.63, 3.8) is 0 Å². The maximum Gasteiger partial charge on any atom is 0.237 e. The molecule has 2 aliphatic heterocycles. The van der Waals surface area contributed by atoms with Gasteiger partial charge in [0.25, 0.3) is 0 Å². The number of rotatable bonds is 1. The van der Waals surface area contributed by atoms with Crippen molar-refractivity contribution >= 4 is 23.2 Å². The van der Waals surface area contributed by atoms with Crippen molar-refractivity contribution in [3.05, 3.63) is 64.7 Å². The molecule has 2 aliphatic rings. The first-order valence-corrected chi connectivity index (χ1v) is 8.24. The second kappa shape index (κ2) is 5.36. The second-order valence-electron chi connectivity index (χ2n) is 6.33. The van der Waals surface area contributed by atoms with Crippen LogP contribution in [-0.2, 0) is 14.9 Å². The molecule has 2 atom stereocenters. The van der Waals surface area contributed by atoms with Crippen LogP contribution < -0.4 is 4.90 Å². The monoisotopic (exact) mass is 327 g/mol. The molecule has 2 aromatic rings. The third-order valence-electron chi connectivity index (χ3n) is 5.12. The van der Waals surface area contributed by atoms with Crippen LogP contribution in [0.5, 0.6) is 0 Å². The summed E-state index contributed by atoms with van der Waals surface area (Å²) in [5, 5.41) is 0.710. The van der Waals surface area contributed by atoms with E-state index in [1.54, 1.807) is 4.90 Å². The Morgan fingerprint density at radius 1 is 1.17 bits per heavy atom. The van der Waals surface area contributed by atoms with Gasteiger partial charge in [0, 0.05) is 24.4 Å². The van der Waals surface area contributed by atoms with E-state index in [1.165, 1.54) is 0 Å². The van der Waals surface area contributed by atoms with E-state index in [2.05, 4.69) is 6.07 Å². The highest BCUT2D eigenvalue weighted by atomic mass is 35.5. The quantitative estimate of drug-likeness (QED) is 0.789. The first-order chi connectivity index (χ1) is 11.1. The minimum atomic E-state index is -0.464. The molecule has 0 aliphatic carbocycles. The van der Waals surface area contributed by atoms with Gasteiger partial charge in [-0.25, -0.2) is 0 Å². The number of hydrogen-bond acceptors (Lipinski definition) is 2. The number of anilines is 1. The molecule has 3 nitrogen and oxygen atoms in total. The smallest absolute Gasteiger partial charge is 0.237 e. The van der Waals surface area contributed by atoms with Gasteiger partial charge in [0.1, 0.15) is 0 Å². The summed E-state index contributed by atoms with van der Waals surface area (Å²) in [7, 11) is 1.86. The zero-order valence-electron chi connectivity index (χ0n) is 13.0. The number of benzene rings is 2. The van der Waals surface area contributed by atoms with Crippen molar-refractivity contribution in [2.24, 2.45) is 0 Å². The summed E-state index contributed by atoms with van der Waals surface area (Å²) in [5.41, 5.74) is 2.77. The predicted molar refractivity (Wildman–Crippen MR) is 90.9 cm³/mol. The van der Waals surface area contributed by atoms with Gasteiger partial charge in [-0.3, -0.25) is 4.79 Å². The summed E-state index contributed by atoms with van der Waals surface area (Å²) in [6, 6.07) is 15.8. The summed E-state index contributed by atoms with van der Waals surface area (Å²) >= 11 is 5.98. The van der Waals surface area contributed by atoms with Crippen molar-refractivity contribution in [3.8, 4) is 0 Å². The number of carbonyl (C=O) groups is 1. The summed E-state index contributed by atoms with van der Waals surface area (Å²) in [5.74, 6) is 0.181. The van der Waals surface area contributed by atoms with Crippen molar-refractivity contribution in [1.29, 1.82) is 0 Å². The first kappa shape index (κ1) is 14.7. The molecule has 1 amide bonds. The Bertz CT molecular complexity index is 758. The Balaban J connectivity index is 1.74. The Morgan fingerprint density at radius 2 is 1.91 bits per heavy atom. The van der Waals surface area contributed by atoms with Crippen LogP contribution in [0.15, 0.2) is 48.5 Å². The highest BCUT2D eigenvalue weighted by Gasteiger charge is 2.52. The summed E-state index contributed by atoms with van der Waals surface area (Å²) < 4.78 is 5.98. The zero-order valence-corrected chi connectivity index (χ0v) is 13.7. The predicted octanol–water partition coefficient (Wildman–Crippen LogP) is 4.11. The fraction of sp³-hybridized carbons (Fsp3) is 0.316. The summed E-state index contributed by atoms with van der Waals surface area (Å²) in [6.45, 7) is 0.585. The number of likely N-dealkylation sites (N-methyl/N-ethyl adjacent to an activating group) is 1. The second-order valence-corrected chi connectivity index (χ2v) is 6.76. The molecule has 23 heavy (non-hydrogen) atoms. The molecule has 0 N–H and O–H groups in total. The fourth-order valence-electron chi connectivity index (χ4n) is 3.90. The van der Waals surface area contributed by atoms with E-state index in [-0.39, 0.29) is 12.0 Å². The number of hydrogen-bond donors (Lipinski definition) is 0. The van der Waals surface area contributed by atoms with Crippen molar-refractivity contribution in [2.75, 3.05) is 18.6 Å². The van der Waals surface area contributed by atoms with Gasteiger partial charge in [0.05, 0.1) is 11.5 Å². The van der Waals surface area contributed by atoms with Crippen molar-refractivity contribution in [2.45, 2.75) is 24.4 Å². The van der Waals surface area contributed by atoms with E-state index >= 15 is 0 Å². The van der Waals surface area contributed by atoms with E-state index in [9.17, 15) is 4.79 Å². The van der Waals surface area contributed by atoms with Gasteiger partial charge < -0.3 is 9.64 Å². The van der Waals surface area contributed by atoms with Crippen molar-refractivity contribution < 1.29 is 9.53 Å². The molecule has 1 fully saturated rings. The molecule has 0 radical (unpaired) electrons. The van der Waals surface area contributed by atoms with Gasteiger partial charge in [-0.15, -0.1) is 0 Å². The van der Waals surface area contributed by atoms with Gasteiger partial charge in [-0.2, -0.15) is 0 Å². The molecule has 0 bridgehead atoms. The molecular weight excluding hydrogens is 310 g/mol. The van der Waals surface area contributed by atoms with E-state index in [0.29, 0.717) is 18.1 Å². The van der Waals surface area contributed by atoms with E-state index in [0.717, 1.165) is 23.2 Å². The molecule has 2 aromatic carbocycles. The fourth-order valence-corrected chi connectivity index (χ4v) is 4.03. The Morgan fingerprint density at radius 3 is 2.70 bits per heavy atom. The van der Waals surface area contributed by atoms with Crippen LogP contribution in [0.1, 0.15) is 30.1 Å². The number of nitrogens with zero attached hydrogens (tertiary/aromatic N) is 1. The summed E-state index contributed by atoms with van der Waals surface area (Å²) in [6.07, 6.45) is 1.33. The van der Waals surface area contributed by atoms with E-state index in [1.807, 2.05) is 49.5 Å². The van der Waals surface area contributed by atoms with Crippen LogP contribution in [-0.4, -0.2) is 19.6 Å². The van der Waals surface area contributed by atoms with Crippen LogP contribution in [0, 0.1) is 0 Å². The molecule has 0 aromatic heterocycles. The number of ether oxygens (including phenoxy) is 1. The largest absolute Gasteiger partial charge is 0.373 e. The van der Waals surface area contributed by atoms with Gasteiger partial charge in [-0.05, 0) is 42.2 Å². The van der Waals surface area contributed by atoms with Crippen LogP contribution in [0.2, 0.25) is 5.02 Å². The molecular formula is C19H18ClNO2. The van der Waals surface area contributed by atoms with Gasteiger partial charge in [0.15, 0.2) is 0 Å². The van der Waals surface area contributed by atoms with Crippen molar-refractivity contribution in [1.82, 2.24) is 0 Å². The minimum Gasteiger partial charge on any atom is -0.373 e. The minimum absolute atomic E-state index is 0.0791. The van der Waals surface area contributed by atoms with E-state index < -0.39 is 5.41 Å². The van der Waals surface area contributed by atoms with Crippen LogP contribution in [0.25, 0.3) is 0 Å². The molecule has 1 saturated heterocycles. The maximum absolute atomic E-state index is 13.0. The highest BCUT2D eigenvalue weighted by Crippen LogP contribution is 2.50. The van der Waals surface area contributed by atoms with Crippen LogP contribution in [0.3, 0.4) is 0 Å². The Kier molecular flexibility index (Phi) is 3.43. The van der Waals surface area contributed by atoms with Gasteiger partial charge in [-0.1, -0.05) is 41.9 Å². The SMILES string of the molecule is CN1C(=O)[C@@]2(CCO[C@@H](c3ccc(Cl)cc3)C2)c2ccccc21. The molecule has 0 unspecified atom stereocenters. The molecule has 118 valence electrons. The van der Waals surface area contributed by atoms with Gasteiger partial charge >= 0.3 is 0 Å². The average molecular weight is 328 g/mol. The normalized spacial score (nSPS) is 26.6. The molecule has 4 heteroatoms. The lowest BCUT2D eigenvalue weighted by Gasteiger charge is -2.37. The Hall–Kier alpha value is -1.84. The number of amides is 1. The first-order valence-electron chi connectivity index (χ1n) is 7.86. The maximum atomic E-state index is 13.0. The molecule has 2 heterocycles. The molecule has 4 rings (SSSR count). The number of carbonyl (C=O) groups excluding carboxylic acids is 1. The van der Waals surface area contributed by atoms with Crippen LogP contribution >= 0.6 is 11.6 Å². The Labute approximate surface area is 140 Å². The lowest BCUT2D eigenvalue weighted by atomic mass is 9.72. The lowest BCUT2D eigenvalue weighted by Crippen LogP contribution is -2.43.